The van der Waals surface area contributed by atoms with Crippen molar-refractivity contribution in [3.8, 4) is 0 Å². The number of rotatable bonds is 4. The van der Waals surface area contributed by atoms with Crippen LogP contribution >= 0.6 is 22.9 Å². The van der Waals surface area contributed by atoms with Crippen molar-refractivity contribution in [1.82, 2.24) is 0 Å². The number of nitrogens with two attached hydrogens (primary N) is 1. The molecule has 1 aromatic heterocycles. The van der Waals surface area contributed by atoms with Gasteiger partial charge in [0.15, 0.2) is 0 Å². The van der Waals surface area contributed by atoms with E-state index < -0.39 is 6.03 Å². The third-order valence-corrected chi connectivity index (χ3v) is 3.71. The molecule has 0 aliphatic carbocycles. The minimum absolute atomic E-state index is 0.132. The molecule has 0 bridgehead atoms. The molecule has 19 heavy (non-hydrogen) atoms. The lowest BCUT2D eigenvalue weighted by Crippen LogP contribution is -2.19. The molecule has 2 rings (SSSR count). The Morgan fingerprint density at radius 1 is 1.37 bits per heavy atom. The number of benzene rings is 1. The molecule has 0 fully saturated rings. The van der Waals surface area contributed by atoms with Gasteiger partial charge in [0.2, 0.25) is 0 Å². The van der Waals surface area contributed by atoms with E-state index in [-0.39, 0.29) is 6.04 Å². The van der Waals surface area contributed by atoms with Gasteiger partial charge in [-0.2, -0.15) is 0 Å². The van der Waals surface area contributed by atoms with Crippen LogP contribution < -0.4 is 16.4 Å². The summed E-state index contributed by atoms with van der Waals surface area (Å²) in [6, 6.07) is 8.88. The second-order valence-electron chi connectivity index (χ2n) is 4.12. The van der Waals surface area contributed by atoms with Gasteiger partial charge in [-0.1, -0.05) is 17.7 Å². The van der Waals surface area contributed by atoms with Crippen molar-refractivity contribution >= 4 is 40.3 Å². The van der Waals surface area contributed by atoms with E-state index in [1.807, 2.05) is 36.6 Å². The lowest BCUT2D eigenvalue weighted by Gasteiger charge is -2.15. The number of hydrogen-bond donors (Lipinski definition) is 3. The number of carbonyl (C=O) groups excluding carboxylic acids is 1. The smallest absolute Gasteiger partial charge is 0.316 e. The molecule has 100 valence electrons. The van der Waals surface area contributed by atoms with Gasteiger partial charge in [0.05, 0.1) is 4.34 Å². The van der Waals surface area contributed by atoms with Crippen molar-refractivity contribution in [1.29, 1.82) is 0 Å². The molecule has 2 aromatic rings. The first-order chi connectivity index (χ1) is 9.04. The highest BCUT2D eigenvalue weighted by atomic mass is 35.5. The van der Waals surface area contributed by atoms with E-state index in [1.54, 1.807) is 6.07 Å². The predicted octanol–water partition coefficient (Wildman–Crippen LogP) is 4.07. The fourth-order valence-corrected chi connectivity index (χ4v) is 2.70. The molecule has 1 aromatic carbocycles. The van der Waals surface area contributed by atoms with Crippen molar-refractivity contribution in [2.24, 2.45) is 5.73 Å². The zero-order chi connectivity index (χ0) is 13.8. The minimum atomic E-state index is -0.574. The Morgan fingerprint density at radius 3 is 2.74 bits per heavy atom. The molecule has 4 nitrogen and oxygen atoms in total. The third-order valence-electron chi connectivity index (χ3n) is 2.60. The van der Waals surface area contributed by atoms with Crippen LogP contribution in [-0.2, 0) is 0 Å². The fourth-order valence-electron chi connectivity index (χ4n) is 1.71. The summed E-state index contributed by atoms with van der Waals surface area (Å²) in [5.41, 5.74) is 7.78. The number of primary amides is 1. The van der Waals surface area contributed by atoms with E-state index in [2.05, 4.69) is 10.6 Å². The maximum Gasteiger partial charge on any atom is 0.316 e. The van der Waals surface area contributed by atoms with Gasteiger partial charge in [-0.05, 0) is 42.1 Å². The highest BCUT2D eigenvalue weighted by molar-refractivity contribution is 7.14. The SMILES string of the molecule is CC(Nc1cccc(NC(N)=O)c1)c1csc(Cl)c1. The number of thiophene rings is 1. The van der Waals surface area contributed by atoms with Crippen LogP contribution in [0.4, 0.5) is 16.2 Å². The highest BCUT2D eigenvalue weighted by Gasteiger charge is 2.08. The van der Waals surface area contributed by atoms with E-state index in [0.29, 0.717) is 5.69 Å². The molecule has 0 spiro atoms. The van der Waals surface area contributed by atoms with Gasteiger partial charge in [0.25, 0.3) is 0 Å². The van der Waals surface area contributed by atoms with Gasteiger partial charge in [-0.15, -0.1) is 11.3 Å². The summed E-state index contributed by atoms with van der Waals surface area (Å²) in [6.45, 7) is 2.05. The van der Waals surface area contributed by atoms with Crippen LogP contribution in [0.25, 0.3) is 0 Å². The van der Waals surface area contributed by atoms with E-state index in [0.717, 1.165) is 15.6 Å². The van der Waals surface area contributed by atoms with Crippen LogP contribution in [0.1, 0.15) is 18.5 Å². The largest absolute Gasteiger partial charge is 0.378 e. The van der Waals surface area contributed by atoms with E-state index in [9.17, 15) is 4.79 Å². The van der Waals surface area contributed by atoms with E-state index in [1.165, 1.54) is 11.3 Å². The fraction of sp³-hybridized carbons (Fsp3) is 0.154. The lowest BCUT2D eigenvalue weighted by atomic mass is 10.1. The molecular weight excluding hydrogens is 282 g/mol. The van der Waals surface area contributed by atoms with Gasteiger partial charge in [-0.3, -0.25) is 0 Å². The van der Waals surface area contributed by atoms with Crippen LogP contribution in [0.3, 0.4) is 0 Å². The van der Waals surface area contributed by atoms with Crippen LogP contribution in [0.5, 0.6) is 0 Å². The maximum atomic E-state index is 10.8. The first kappa shape index (κ1) is 13.7. The number of carbonyl (C=O) groups is 1. The predicted molar refractivity (Wildman–Crippen MR) is 81.0 cm³/mol. The van der Waals surface area contributed by atoms with Crippen molar-refractivity contribution in [3.63, 3.8) is 0 Å². The Labute approximate surface area is 120 Å². The molecule has 0 saturated heterocycles. The Kier molecular flexibility index (Phi) is 4.29. The van der Waals surface area contributed by atoms with Gasteiger partial charge < -0.3 is 16.4 Å². The second-order valence-corrected chi connectivity index (χ2v) is 5.66. The number of amides is 2. The van der Waals surface area contributed by atoms with Crippen LogP contribution in [-0.4, -0.2) is 6.03 Å². The maximum absolute atomic E-state index is 10.8. The Balaban J connectivity index is 2.08. The van der Waals surface area contributed by atoms with Crippen LogP contribution in [0.2, 0.25) is 4.34 Å². The summed E-state index contributed by atoms with van der Waals surface area (Å²) in [5, 5.41) is 7.90. The molecule has 0 saturated carbocycles. The number of hydrogen-bond acceptors (Lipinski definition) is 3. The molecule has 0 aliphatic heterocycles. The summed E-state index contributed by atoms with van der Waals surface area (Å²) in [5.74, 6) is 0. The number of urea groups is 1. The molecule has 6 heteroatoms. The monoisotopic (exact) mass is 295 g/mol. The number of anilines is 2. The molecule has 0 radical (unpaired) electrons. The van der Waals surface area contributed by atoms with E-state index in [4.69, 9.17) is 17.3 Å². The molecular formula is C13H14ClN3OS. The van der Waals surface area contributed by atoms with Crippen molar-refractivity contribution in [2.45, 2.75) is 13.0 Å². The molecule has 1 atom stereocenters. The van der Waals surface area contributed by atoms with Crippen molar-refractivity contribution < 1.29 is 4.79 Å². The summed E-state index contributed by atoms with van der Waals surface area (Å²) in [7, 11) is 0. The minimum Gasteiger partial charge on any atom is -0.378 e. The lowest BCUT2D eigenvalue weighted by molar-refractivity contribution is 0.259. The normalized spacial score (nSPS) is 11.9. The molecule has 1 unspecified atom stereocenters. The average Bonchev–Trinajstić information content (AvgIpc) is 2.75. The standard InChI is InChI=1S/C13H14ClN3OS/c1-8(9-5-12(14)19-7-9)16-10-3-2-4-11(6-10)17-13(15)18/h2-8,16H,1H3,(H3,15,17,18). The summed E-state index contributed by atoms with van der Waals surface area (Å²) >= 11 is 7.43. The Bertz CT molecular complexity index is 585. The Morgan fingerprint density at radius 2 is 2.11 bits per heavy atom. The molecule has 2 amide bonds. The third kappa shape index (κ3) is 3.87. The topological polar surface area (TPSA) is 67.2 Å². The highest BCUT2D eigenvalue weighted by Crippen LogP contribution is 2.27. The van der Waals surface area contributed by atoms with Crippen molar-refractivity contribution in [2.75, 3.05) is 10.6 Å². The van der Waals surface area contributed by atoms with Gasteiger partial charge in [0.1, 0.15) is 0 Å². The number of nitrogens with one attached hydrogen (secondary N) is 2. The summed E-state index contributed by atoms with van der Waals surface area (Å²) in [6.07, 6.45) is 0. The molecule has 4 N–H and O–H groups in total. The summed E-state index contributed by atoms with van der Waals surface area (Å²) in [4.78, 5) is 10.8. The van der Waals surface area contributed by atoms with Gasteiger partial charge >= 0.3 is 6.03 Å². The quantitative estimate of drug-likeness (QED) is 0.796. The van der Waals surface area contributed by atoms with Gasteiger partial charge in [-0.25, -0.2) is 4.79 Å². The van der Waals surface area contributed by atoms with Crippen molar-refractivity contribution in [3.05, 3.63) is 45.6 Å². The van der Waals surface area contributed by atoms with E-state index >= 15 is 0 Å². The average molecular weight is 296 g/mol. The first-order valence-corrected chi connectivity index (χ1v) is 6.97. The first-order valence-electron chi connectivity index (χ1n) is 5.71. The Hall–Kier alpha value is -1.72. The molecule has 1 heterocycles. The summed E-state index contributed by atoms with van der Waals surface area (Å²) < 4.78 is 0.771. The zero-order valence-corrected chi connectivity index (χ0v) is 11.9. The van der Waals surface area contributed by atoms with Crippen LogP contribution in [0, 0.1) is 0 Å². The van der Waals surface area contributed by atoms with Crippen LogP contribution in [0.15, 0.2) is 35.7 Å². The molecule has 0 aliphatic rings. The number of halogens is 1. The van der Waals surface area contributed by atoms with Gasteiger partial charge in [0, 0.05) is 17.4 Å². The second kappa shape index (κ2) is 5.95. The zero-order valence-electron chi connectivity index (χ0n) is 10.3.